The summed E-state index contributed by atoms with van der Waals surface area (Å²) in [5.74, 6) is -0.547. The first kappa shape index (κ1) is 23.0. The predicted octanol–water partition coefficient (Wildman–Crippen LogP) is 1.87. The first-order valence-electron chi connectivity index (χ1n) is 10.1. The summed E-state index contributed by atoms with van der Waals surface area (Å²) in [6, 6.07) is 1.61. The highest BCUT2D eigenvalue weighted by Crippen LogP contribution is 2.41. The van der Waals surface area contributed by atoms with Crippen LogP contribution in [0.3, 0.4) is 0 Å². The van der Waals surface area contributed by atoms with Crippen LogP contribution in [-0.2, 0) is 14.3 Å². The number of aromatic nitrogens is 1. The summed E-state index contributed by atoms with van der Waals surface area (Å²) in [4.78, 5) is 39.4. The van der Waals surface area contributed by atoms with Crippen molar-refractivity contribution in [2.75, 3.05) is 14.2 Å². The number of carbonyl (C=O) groups excluding carboxylic acids is 3. The second-order valence-electron chi connectivity index (χ2n) is 7.80. The van der Waals surface area contributed by atoms with E-state index in [4.69, 9.17) is 9.47 Å². The van der Waals surface area contributed by atoms with Gasteiger partial charge in [-0.2, -0.15) is 5.10 Å². The molecule has 3 rings (SSSR count). The molecule has 1 aliphatic carbocycles. The van der Waals surface area contributed by atoms with E-state index in [1.54, 1.807) is 12.3 Å². The van der Waals surface area contributed by atoms with Crippen molar-refractivity contribution in [2.24, 2.45) is 11.0 Å². The maximum atomic E-state index is 12.0. The van der Waals surface area contributed by atoms with Crippen LogP contribution in [0.25, 0.3) is 0 Å². The van der Waals surface area contributed by atoms with E-state index in [9.17, 15) is 14.4 Å². The van der Waals surface area contributed by atoms with Crippen molar-refractivity contribution in [1.82, 2.24) is 21.0 Å². The molecule has 0 radical (unpaired) electrons. The fraction of sp³-hybridized carbons (Fsp3) is 0.550. The van der Waals surface area contributed by atoms with Crippen LogP contribution in [0.1, 0.15) is 44.6 Å². The van der Waals surface area contributed by atoms with Crippen molar-refractivity contribution in [2.45, 2.75) is 50.7 Å². The topological polar surface area (TPSA) is 131 Å². The third-order valence-electron chi connectivity index (χ3n) is 5.68. The van der Waals surface area contributed by atoms with Crippen molar-refractivity contribution >= 4 is 39.5 Å². The molecule has 2 heterocycles. The highest BCUT2D eigenvalue weighted by atomic mass is 79.9. The van der Waals surface area contributed by atoms with Crippen LogP contribution in [0.5, 0.6) is 5.88 Å². The average molecular weight is 496 g/mol. The number of halogens is 1. The number of amides is 3. The smallest absolute Gasteiger partial charge is 0.428 e. The molecule has 1 saturated carbocycles. The molecule has 11 heteroatoms. The molecule has 3 N–H and O–H groups in total. The molecule has 1 atom stereocenters. The zero-order valence-electron chi connectivity index (χ0n) is 17.7. The highest BCUT2D eigenvalue weighted by Gasteiger charge is 2.47. The van der Waals surface area contributed by atoms with Crippen LogP contribution >= 0.6 is 15.9 Å². The molecule has 0 unspecified atom stereocenters. The fourth-order valence-corrected chi connectivity index (χ4v) is 4.56. The van der Waals surface area contributed by atoms with Gasteiger partial charge < -0.3 is 20.1 Å². The lowest BCUT2D eigenvalue weighted by Gasteiger charge is -2.42. The van der Waals surface area contributed by atoms with Gasteiger partial charge in [-0.3, -0.25) is 9.59 Å². The van der Waals surface area contributed by atoms with E-state index in [-0.39, 0.29) is 6.04 Å². The lowest BCUT2D eigenvalue weighted by atomic mass is 9.73. The van der Waals surface area contributed by atoms with Gasteiger partial charge in [0.2, 0.25) is 5.88 Å². The van der Waals surface area contributed by atoms with E-state index in [1.807, 2.05) is 6.92 Å². The van der Waals surface area contributed by atoms with Crippen LogP contribution in [0.2, 0.25) is 0 Å². The van der Waals surface area contributed by atoms with Crippen LogP contribution in [-0.4, -0.2) is 54.4 Å². The largest absolute Gasteiger partial charge is 0.481 e. The van der Waals surface area contributed by atoms with Gasteiger partial charge >= 0.3 is 17.9 Å². The molecule has 10 nitrogen and oxygen atoms in total. The number of hydrazone groups is 1. The number of hydrogen-bond donors (Lipinski definition) is 3. The monoisotopic (exact) mass is 495 g/mol. The number of carbonyl (C=O) groups is 3. The Morgan fingerprint density at radius 1 is 1.39 bits per heavy atom. The standard InChI is InChI=1S/C20H26BrN5O5/c1-11(24-18(28)17(27)22-2)8-12-4-6-20(7-5-12)16(25-26-19(29)31-20)13-9-15(30-3)23-10-14(13)21/h9-12H,4-8H2,1-3H3,(H,22,27)(H,24,28)(H,26,29)/t11-,12?,20?/m0/s1. The van der Waals surface area contributed by atoms with Gasteiger partial charge in [-0.15, -0.1) is 0 Å². The fourth-order valence-electron chi connectivity index (χ4n) is 4.15. The molecule has 0 aromatic carbocycles. The molecule has 1 aromatic heterocycles. The molecule has 1 aliphatic heterocycles. The van der Waals surface area contributed by atoms with Gasteiger partial charge in [0.15, 0.2) is 5.60 Å². The van der Waals surface area contributed by atoms with E-state index < -0.39 is 23.5 Å². The van der Waals surface area contributed by atoms with Crippen LogP contribution in [0.4, 0.5) is 4.79 Å². The molecule has 0 saturated heterocycles. The molecule has 2 aliphatic rings. The minimum Gasteiger partial charge on any atom is -0.481 e. The van der Waals surface area contributed by atoms with Gasteiger partial charge in [0, 0.05) is 35.4 Å². The molecule has 1 aromatic rings. The molecule has 3 amide bonds. The molecular formula is C20H26BrN5O5. The number of rotatable bonds is 5. The maximum absolute atomic E-state index is 12.0. The van der Waals surface area contributed by atoms with Crippen LogP contribution in [0.15, 0.2) is 21.8 Å². The number of pyridine rings is 1. The van der Waals surface area contributed by atoms with Crippen LogP contribution < -0.4 is 20.8 Å². The van der Waals surface area contributed by atoms with Gasteiger partial charge in [-0.25, -0.2) is 15.2 Å². The Balaban J connectivity index is 1.72. The molecular weight excluding hydrogens is 470 g/mol. The quantitative estimate of drug-likeness (QED) is 0.534. The van der Waals surface area contributed by atoms with Gasteiger partial charge in [-0.05, 0) is 60.9 Å². The second-order valence-corrected chi connectivity index (χ2v) is 8.65. The van der Waals surface area contributed by atoms with Crippen molar-refractivity contribution in [3.8, 4) is 5.88 Å². The summed E-state index contributed by atoms with van der Waals surface area (Å²) < 4.78 is 11.7. The van der Waals surface area contributed by atoms with E-state index >= 15 is 0 Å². The van der Waals surface area contributed by atoms with E-state index in [0.29, 0.717) is 30.4 Å². The summed E-state index contributed by atoms with van der Waals surface area (Å²) in [5.41, 5.74) is 2.93. The summed E-state index contributed by atoms with van der Waals surface area (Å²) in [6.45, 7) is 1.88. The Morgan fingerprint density at radius 2 is 2.10 bits per heavy atom. The summed E-state index contributed by atoms with van der Waals surface area (Å²) >= 11 is 3.51. The van der Waals surface area contributed by atoms with E-state index in [0.717, 1.165) is 29.3 Å². The van der Waals surface area contributed by atoms with Crippen LogP contribution in [0, 0.1) is 5.92 Å². The van der Waals surface area contributed by atoms with Gasteiger partial charge in [0.05, 0.1) is 7.11 Å². The summed E-state index contributed by atoms with van der Waals surface area (Å²) in [7, 11) is 2.95. The lowest BCUT2D eigenvalue weighted by Crippen LogP contribution is -2.52. The molecule has 1 spiro atoms. The predicted molar refractivity (Wildman–Crippen MR) is 116 cm³/mol. The first-order chi connectivity index (χ1) is 14.8. The zero-order valence-corrected chi connectivity index (χ0v) is 19.2. The molecule has 168 valence electrons. The van der Waals surface area contributed by atoms with Gasteiger partial charge in [-0.1, -0.05) is 0 Å². The minimum atomic E-state index is -0.845. The number of nitrogens with zero attached hydrogens (tertiary/aromatic N) is 2. The Bertz CT molecular complexity index is 898. The Kier molecular flexibility index (Phi) is 7.14. The molecule has 0 bridgehead atoms. The number of nitrogens with one attached hydrogen (secondary N) is 3. The lowest BCUT2D eigenvalue weighted by molar-refractivity contribution is -0.139. The van der Waals surface area contributed by atoms with E-state index in [2.05, 4.69) is 42.1 Å². The van der Waals surface area contributed by atoms with Crippen molar-refractivity contribution in [1.29, 1.82) is 0 Å². The molecule has 1 fully saturated rings. The van der Waals surface area contributed by atoms with Crippen molar-refractivity contribution < 1.29 is 23.9 Å². The van der Waals surface area contributed by atoms with Gasteiger partial charge in [0.1, 0.15) is 5.71 Å². The maximum Gasteiger partial charge on any atom is 0.428 e. The van der Waals surface area contributed by atoms with E-state index in [1.165, 1.54) is 14.2 Å². The average Bonchev–Trinajstić information content (AvgIpc) is 2.75. The second kappa shape index (κ2) is 9.63. The van der Waals surface area contributed by atoms with Crippen molar-refractivity contribution in [3.05, 3.63) is 22.3 Å². The normalized spacial score (nSPS) is 23.8. The Labute approximate surface area is 188 Å². The number of hydrogen-bond acceptors (Lipinski definition) is 7. The Morgan fingerprint density at radius 3 is 2.74 bits per heavy atom. The minimum absolute atomic E-state index is 0.147. The summed E-state index contributed by atoms with van der Waals surface area (Å²) in [6.07, 6.45) is 4.53. The third-order valence-corrected chi connectivity index (χ3v) is 6.32. The first-order valence-corrected chi connectivity index (χ1v) is 10.9. The molecule has 31 heavy (non-hydrogen) atoms. The zero-order chi connectivity index (χ0) is 22.6. The third kappa shape index (κ3) is 5.15. The number of methoxy groups -OCH3 is 1. The Hall–Kier alpha value is -2.69. The summed E-state index contributed by atoms with van der Waals surface area (Å²) in [5, 5.41) is 9.35. The SMILES string of the molecule is CNC(=O)C(=O)N[C@@H](C)CC1CCC2(CC1)OC(=O)NN=C2c1cc(OC)ncc1Br. The van der Waals surface area contributed by atoms with Crippen molar-refractivity contribution in [3.63, 3.8) is 0 Å². The number of likely N-dealkylation sites (N-methyl/N-ethyl adjacent to an activating group) is 1. The highest BCUT2D eigenvalue weighted by molar-refractivity contribution is 9.10. The van der Waals surface area contributed by atoms with Gasteiger partial charge in [0.25, 0.3) is 0 Å². The number of ether oxygens (including phenoxy) is 2.